The summed E-state index contributed by atoms with van der Waals surface area (Å²) in [7, 11) is 0. The van der Waals surface area contributed by atoms with E-state index in [9.17, 15) is 4.79 Å². The standard InChI is InChI=1S/C7H7NO2.C4H10/c8-7(9)10-6-4-2-1-3-5-6;1-3-4-2/h1-5H,(H2,8,9);3-4H2,1-2H3. The van der Waals surface area contributed by atoms with Crippen molar-refractivity contribution >= 4 is 6.09 Å². The molecule has 0 saturated carbocycles. The zero-order chi connectivity index (χ0) is 10.8. The van der Waals surface area contributed by atoms with Crippen LogP contribution < -0.4 is 10.5 Å². The van der Waals surface area contributed by atoms with Gasteiger partial charge in [-0.3, -0.25) is 0 Å². The molecule has 0 aromatic heterocycles. The smallest absolute Gasteiger partial charge is 0.409 e. The molecule has 3 heteroatoms. The Bertz CT molecular complexity index is 245. The first-order chi connectivity index (χ1) is 6.70. The van der Waals surface area contributed by atoms with E-state index in [1.54, 1.807) is 24.3 Å². The predicted molar refractivity (Wildman–Crippen MR) is 57.2 cm³/mol. The van der Waals surface area contributed by atoms with E-state index in [0.717, 1.165) is 0 Å². The van der Waals surface area contributed by atoms with Gasteiger partial charge >= 0.3 is 6.09 Å². The molecule has 14 heavy (non-hydrogen) atoms. The van der Waals surface area contributed by atoms with Crippen LogP contribution >= 0.6 is 0 Å². The number of hydrogen-bond acceptors (Lipinski definition) is 2. The third kappa shape index (κ3) is 7.16. The Kier molecular flexibility index (Phi) is 7.23. The summed E-state index contributed by atoms with van der Waals surface area (Å²) in [6, 6.07) is 8.67. The van der Waals surface area contributed by atoms with Crippen LogP contribution in [0.25, 0.3) is 0 Å². The summed E-state index contributed by atoms with van der Waals surface area (Å²) in [6.45, 7) is 4.36. The molecule has 0 unspecified atom stereocenters. The molecule has 0 spiro atoms. The van der Waals surface area contributed by atoms with Crippen molar-refractivity contribution in [2.75, 3.05) is 0 Å². The average molecular weight is 195 g/mol. The minimum atomic E-state index is -0.786. The summed E-state index contributed by atoms with van der Waals surface area (Å²) in [6.07, 6.45) is 1.85. The molecule has 0 bridgehead atoms. The van der Waals surface area contributed by atoms with Crippen molar-refractivity contribution in [3.05, 3.63) is 30.3 Å². The largest absolute Gasteiger partial charge is 0.411 e. The molecule has 1 rings (SSSR count). The minimum Gasteiger partial charge on any atom is -0.411 e. The lowest BCUT2D eigenvalue weighted by Gasteiger charge is -1.96. The normalized spacial score (nSPS) is 8.43. The van der Waals surface area contributed by atoms with Gasteiger partial charge in [-0.15, -0.1) is 0 Å². The van der Waals surface area contributed by atoms with E-state index in [0.29, 0.717) is 5.75 Å². The summed E-state index contributed by atoms with van der Waals surface area (Å²) in [5, 5.41) is 0. The lowest BCUT2D eigenvalue weighted by molar-refractivity contribution is 0.211. The number of benzene rings is 1. The van der Waals surface area contributed by atoms with Crippen LogP contribution in [0.1, 0.15) is 26.7 Å². The molecule has 0 radical (unpaired) electrons. The molecule has 1 aromatic rings. The fourth-order valence-electron chi connectivity index (χ4n) is 0.605. The highest BCUT2D eigenvalue weighted by Gasteiger charge is 1.93. The number of nitrogens with two attached hydrogens (primary N) is 1. The van der Waals surface area contributed by atoms with Gasteiger partial charge in [-0.25, -0.2) is 4.79 Å². The maximum atomic E-state index is 10.2. The van der Waals surface area contributed by atoms with Gasteiger partial charge in [0.2, 0.25) is 0 Å². The first kappa shape index (κ1) is 12.5. The van der Waals surface area contributed by atoms with Gasteiger partial charge in [0.05, 0.1) is 0 Å². The summed E-state index contributed by atoms with van der Waals surface area (Å²) in [5.74, 6) is 0.468. The molecule has 0 heterocycles. The Balaban J connectivity index is 0.000000364. The van der Waals surface area contributed by atoms with Crippen molar-refractivity contribution in [1.82, 2.24) is 0 Å². The maximum absolute atomic E-state index is 10.2. The lowest BCUT2D eigenvalue weighted by Crippen LogP contribution is -2.15. The van der Waals surface area contributed by atoms with E-state index in [4.69, 9.17) is 5.73 Å². The SMILES string of the molecule is CCCC.NC(=O)Oc1ccccc1. The van der Waals surface area contributed by atoms with Crippen molar-refractivity contribution in [2.45, 2.75) is 26.7 Å². The number of amides is 1. The van der Waals surface area contributed by atoms with Crippen LogP contribution in [0.15, 0.2) is 30.3 Å². The lowest BCUT2D eigenvalue weighted by atomic mass is 10.3. The van der Waals surface area contributed by atoms with Gasteiger partial charge in [-0.2, -0.15) is 0 Å². The van der Waals surface area contributed by atoms with Crippen molar-refractivity contribution in [1.29, 1.82) is 0 Å². The van der Waals surface area contributed by atoms with E-state index >= 15 is 0 Å². The first-order valence-corrected chi connectivity index (χ1v) is 4.73. The molecule has 0 aliphatic carbocycles. The Morgan fingerprint density at radius 3 is 2.07 bits per heavy atom. The molecule has 0 aliphatic rings. The molecule has 3 nitrogen and oxygen atoms in total. The molecule has 78 valence electrons. The van der Waals surface area contributed by atoms with Gasteiger partial charge in [0.15, 0.2) is 0 Å². The van der Waals surface area contributed by atoms with Crippen molar-refractivity contribution in [2.24, 2.45) is 5.73 Å². The number of rotatable bonds is 2. The molecule has 0 aliphatic heterocycles. The number of para-hydroxylation sites is 1. The quantitative estimate of drug-likeness (QED) is 0.788. The van der Waals surface area contributed by atoms with E-state index in [1.165, 1.54) is 12.8 Å². The van der Waals surface area contributed by atoms with Gasteiger partial charge in [0.25, 0.3) is 0 Å². The second-order valence-corrected chi connectivity index (χ2v) is 2.73. The topological polar surface area (TPSA) is 52.3 Å². The number of carbonyl (C=O) groups is 1. The predicted octanol–water partition coefficient (Wildman–Crippen LogP) is 2.95. The zero-order valence-electron chi connectivity index (χ0n) is 8.69. The van der Waals surface area contributed by atoms with Crippen LogP contribution in [0.3, 0.4) is 0 Å². The summed E-state index contributed by atoms with van der Waals surface area (Å²) < 4.78 is 4.55. The first-order valence-electron chi connectivity index (χ1n) is 4.73. The zero-order valence-corrected chi connectivity index (χ0v) is 8.69. The molecule has 0 atom stereocenters. The maximum Gasteiger partial charge on any atom is 0.409 e. The highest BCUT2D eigenvalue weighted by molar-refractivity contribution is 5.67. The Morgan fingerprint density at radius 1 is 1.21 bits per heavy atom. The van der Waals surface area contributed by atoms with E-state index in [1.807, 2.05) is 6.07 Å². The fourth-order valence-corrected chi connectivity index (χ4v) is 0.605. The summed E-state index contributed by atoms with van der Waals surface area (Å²) in [4.78, 5) is 10.2. The number of hydrogen-bond donors (Lipinski definition) is 1. The molecule has 1 aromatic carbocycles. The second-order valence-electron chi connectivity index (χ2n) is 2.73. The third-order valence-corrected chi connectivity index (χ3v) is 1.46. The molecular weight excluding hydrogens is 178 g/mol. The monoisotopic (exact) mass is 195 g/mol. The van der Waals surface area contributed by atoms with Gasteiger partial charge < -0.3 is 10.5 Å². The van der Waals surface area contributed by atoms with E-state index in [2.05, 4.69) is 18.6 Å². The van der Waals surface area contributed by atoms with E-state index in [-0.39, 0.29) is 0 Å². The van der Waals surface area contributed by atoms with Crippen molar-refractivity contribution < 1.29 is 9.53 Å². The van der Waals surface area contributed by atoms with E-state index < -0.39 is 6.09 Å². The van der Waals surface area contributed by atoms with Crippen molar-refractivity contribution in [3.63, 3.8) is 0 Å². The van der Waals surface area contributed by atoms with Crippen LogP contribution in [-0.4, -0.2) is 6.09 Å². The van der Waals surface area contributed by atoms with Gasteiger partial charge in [-0.1, -0.05) is 44.9 Å². The molecular formula is C11H17NO2. The van der Waals surface area contributed by atoms with Gasteiger partial charge in [-0.05, 0) is 12.1 Å². The van der Waals surface area contributed by atoms with Crippen LogP contribution in [0.4, 0.5) is 4.79 Å². The molecule has 2 N–H and O–H groups in total. The third-order valence-electron chi connectivity index (χ3n) is 1.46. The average Bonchev–Trinajstić information content (AvgIpc) is 2.19. The second kappa shape index (κ2) is 8.10. The Morgan fingerprint density at radius 2 is 1.71 bits per heavy atom. The number of unbranched alkanes of at least 4 members (excludes halogenated alkanes) is 1. The van der Waals surface area contributed by atoms with Crippen LogP contribution in [0.5, 0.6) is 5.75 Å². The fraction of sp³-hybridized carbons (Fsp3) is 0.364. The van der Waals surface area contributed by atoms with Crippen LogP contribution in [0, 0.1) is 0 Å². The highest BCUT2D eigenvalue weighted by Crippen LogP contribution is 2.07. The van der Waals surface area contributed by atoms with Gasteiger partial charge in [0.1, 0.15) is 5.75 Å². The number of primary amides is 1. The summed E-state index contributed by atoms with van der Waals surface area (Å²) >= 11 is 0. The molecule has 1 amide bonds. The molecule has 0 fully saturated rings. The van der Waals surface area contributed by atoms with Crippen LogP contribution in [-0.2, 0) is 0 Å². The number of carbonyl (C=O) groups excluding carboxylic acids is 1. The van der Waals surface area contributed by atoms with Crippen molar-refractivity contribution in [3.8, 4) is 5.75 Å². The highest BCUT2D eigenvalue weighted by atomic mass is 16.5. The van der Waals surface area contributed by atoms with Gasteiger partial charge in [0, 0.05) is 0 Å². The Labute approximate surface area is 84.9 Å². The minimum absolute atomic E-state index is 0.468. The number of ether oxygens (including phenoxy) is 1. The molecule has 0 saturated heterocycles. The Hall–Kier alpha value is -1.51. The van der Waals surface area contributed by atoms with Crippen LogP contribution in [0.2, 0.25) is 0 Å². The summed E-state index contributed by atoms with van der Waals surface area (Å²) in [5.41, 5.74) is 4.76.